The van der Waals surface area contributed by atoms with Crippen molar-refractivity contribution in [3.8, 4) is 0 Å². The van der Waals surface area contributed by atoms with Crippen molar-refractivity contribution in [2.45, 2.75) is 19.4 Å². The second kappa shape index (κ2) is 4.42. The van der Waals surface area contributed by atoms with Crippen LogP contribution in [0.4, 0.5) is 0 Å². The Balaban J connectivity index is 2.29. The van der Waals surface area contributed by atoms with Gasteiger partial charge in [0.2, 0.25) is 0 Å². The zero-order valence-electron chi connectivity index (χ0n) is 7.32. The summed E-state index contributed by atoms with van der Waals surface area (Å²) in [5, 5.41) is 8.56. The smallest absolute Gasteiger partial charge is 0.304 e. The third kappa shape index (κ3) is 2.79. The van der Waals surface area contributed by atoms with Gasteiger partial charge in [0.05, 0.1) is 19.6 Å². The summed E-state index contributed by atoms with van der Waals surface area (Å²) < 4.78 is 5.17. The van der Waals surface area contributed by atoms with Crippen LogP contribution in [0.1, 0.15) is 13.3 Å². The highest BCUT2D eigenvalue weighted by molar-refractivity contribution is 5.67. The Labute approximate surface area is 72.1 Å². The van der Waals surface area contributed by atoms with Gasteiger partial charge in [0, 0.05) is 19.1 Å². The van der Waals surface area contributed by atoms with Crippen molar-refractivity contribution in [3.63, 3.8) is 0 Å². The summed E-state index contributed by atoms with van der Waals surface area (Å²) in [7, 11) is 0. The molecule has 1 fully saturated rings. The van der Waals surface area contributed by atoms with Crippen LogP contribution in [0.5, 0.6) is 0 Å². The van der Waals surface area contributed by atoms with Gasteiger partial charge in [-0.3, -0.25) is 9.69 Å². The van der Waals surface area contributed by atoms with Crippen LogP contribution in [0.25, 0.3) is 0 Å². The minimum Gasteiger partial charge on any atom is -0.481 e. The van der Waals surface area contributed by atoms with Gasteiger partial charge in [-0.05, 0) is 6.92 Å². The predicted molar refractivity (Wildman–Crippen MR) is 44.1 cm³/mol. The van der Waals surface area contributed by atoms with Gasteiger partial charge in [0.15, 0.2) is 0 Å². The molecule has 0 aromatic heterocycles. The molecule has 0 saturated carbocycles. The van der Waals surface area contributed by atoms with Crippen molar-refractivity contribution in [1.29, 1.82) is 0 Å². The highest BCUT2D eigenvalue weighted by Crippen LogP contribution is 2.06. The van der Waals surface area contributed by atoms with E-state index in [2.05, 4.69) is 4.90 Å². The number of carboxylic acids is 1. The molecule has 1 saturated heterocycles. The average molecular weight is 173 g/mol. The normalized spacial score (nSPS) is 22.1. The molecule has 4 nitrogen and oxygen atoms in total. The molecule has 12 heavy (non-hydrogen) atoms. The maximum Gasteiger partial charge on any atom is 0.304 e. The number of ether oxygens (including phenoxy) is 1. The highest BCUT2D eigenvalue weighted by atomic mass is 16.5. The van der Waals surface area contributed by atoms with E-state index >= 15 is 0 Å². The number of morpholine rings is 1. The summed E-state index contributed by atoms with van der Waals surface area (Å²) in [5.74, 6) is -0.728. The van der Waals surface area contributed by atoms with Crippen LogP contribution in [0.3, 0.4) is 0 Å². The highest BCUT2D eigenvalue weighted by Gasteiger charge is 2.18. The van der Waals surface area contributed by atoms with E-state index < -0.39 is 5.97 Å². The lowest BCUT2D eigenvalue weighted by Gasteiger charge is -2.31. The molecule has 0 aliphatic carbocycles. The topological polar surface area (TPSA) is 49.8 Å². The molecule has 0 spiro atoms. The van der Waals surface area contributed by atoms with E-state index in [1.807, 2.05) is 6.92 Å². The summed E-state index contributed by atoms with van der Waals surface area (Å²) in [6.45, 7) is 5.11. The van der Waals surface area contributed by atoms with Crippen LogP contribution < -0.4 is 0 Å². The SMILES string of the molecule is C[C@H](CC(=O)O)N1CCOCC1. The quantitative estimate of drug-likeness (QED) is 0.661. The minimum atomic E-state index is -0.728. The molecule has 0 bridgehead atoms. The van der Waals surface area contributed by atoms with E-state index in [0.717, 1.165) is 26.3 Å². The van der Waals surface area contributed by atoms with Crippen molar-refractivity contribution in [2.75, 3.05) is 26.3 Å². The van der Waals surface area contributed by atoms with Gasteiger partial charge in [-0.15, -0.1) is 0 Å². The number of rotatable bonds is 3. The van der Waals surface area contributed by atoms with Gasteiger partial charge in [-0.25, -0.2) is 0 Å². The molecule has 4 heteroatoms. The number of carbonyl (C=O) groups is 1. The van der Waals surface area contributed by atoms with Gasteiger partial charge in [-0.2, -0.15) is 0 Å². The molecule has 1 rings (SSSR count). The van der Waals surface area contributed by atoms with Gasteiger partial charge in [-0.1, -0.05) is 0 Å². The maximum atomic E-state index is 10.4. The first-order valence-electron chi connectivity index (χ1n) is 4.23. The van der Waals surface area contributed by atoms with Crippen LogP contribution in [0.15, 0.2) is 0 Å². The maximum absolute atomic E-state index is 10.4. The van der Waals surface area contributed by atoms with Crippen LogP contribution in [-0.2, 0) is 9.53 Å². The molecule has 0 unspecified atom stereocenters. The van der Waals surface area contributed by atoms with Crippen LogP contribution in [0, 0.1) is 0 Å². The molecule has 1 heterocycles. The summed E-state index contributed by atoms with van der Waals surface area (Å²) in [6.07, 6.45) is 0.222. The van der Waals surface area contributed by atoms with Crippen molar-refractivity contribution < 1.29 is 14.6 Å². The van der Waals surface area contributed by atoms with Crippen molar-refractivity contribution in [2.24, 2.45) is 0 Å². The molecule has 0 aromatic carbocycles. The van der Waals surface area contributed by atoms with E-state index in [1.165, 1.54) is 0 Å². The first-order valence-corrected chi connectivity index (χ1v) is 4.23. The lowest BCUT2D eigenvalue weighted by Crippen LogP contribution is -2.42. The summed E-state index contributed by atoms with van der Waals surface area (Å²) >= 11 is 0. The molecule has 0 aromatic rings. The number of hydrogen-bond donors (Lipinski definition) is 1. The molecule has 0 radical (unpaired) electrons. The third-order valence-electron chi connectivity index (χ3n) is 2.14. The Morgan fingerprint density at radius 3 is 2.67 bits per heavy atom. The fourth-order valence-electron chi connectivity index (χ4n) is 1.40. The Hall–Kier alpha value is -0.610. The second-order valence-corrected chi connectivity index (χ2v) is 3.10. The Kier molecular flexibility index (Phi) is 3.49. The van der Waals surface area contributed by atoms with E-state index in [0.29, 0.717) is 0 Å². The summed E-state index contributed by atoms with van der Waals surface area (Å²) in [6, 6.07) is 0.131. The second-order valence-electron chi connectivity index (χ2n) is 3.10. The Morgan fingerprint density at radius 2 is 2.17 bits per heavy atom. The van der Waals surface area contributed by atoms with Crippen molar-refractivity contribution >= 4 is 5.97 Å². The van der Waals surface area contributed by atoms with E-state index in [1.54, 1.807) is 0 Å². The molecule has 1 aliphatic rings. The van der Waals surface area contributed by atoms with Gasteiger partial charge in [0.25, 0.3) is 0 Å². The van der Waals surface area contributed by atoms with E-state index in [9.17, 15) is 4.79 Å². The number of carboxylic acid groups (broad SMARTS) is 1. The summed E-state index contributed by atoms with van der Waals surface area (Å²) in [4.78, 5) is 12.5. The molecule has 1 aliphatic heterocycles. The molecular weight excluding hydrogens is 158 g/mol. The van der Waals surface area contributed by atoms with Crippen LogP contribution in [0.2, 0.25) is 0 Å². The van der Waals surface area contributed by atoms with E-state index in [4.69, 9.17) is 9.84 Å². The lowest BCUT2D eigenvalue weighted by molar-refractivity contribution is -0.138. The van der Waals surface area contributed by atoms with Crippen molar-refractivity contribution in [3.05, 3.63) is 0 Å². The van der Waals surface area contributed by atoms with Crippen molar-refractivity contribution in [1.82, 2.24) is 4.90 Å². The largest absolute Gasteiger partial charge is 0.481 e. The molecule has 1 N–H and O–H groups in total. The number of hydrogen-bond acceptors (Lipinski definition) is 3. The van der Waals surface area contributed by atoms with E-state index in [-0.39, 0.29) is 12.5 Å². The minimum absolute atomic E-state index is 0.131. The average Bonchev–Trinajstić information content (AvgIpc) is 2.05. The zero-order valence-corrected chi connectivity index (χ0v) is 7.32. The Bertz CT molecular complexity index is 154. The Morgan fingerprint density at radius 1 is 1.58 bits per heavy atom. The van der Waals surface area contributed by atoms with Crippen LogP contribution >= 0.6 is 0 Å². The standard InChI is InChI=1S/C8H15NO3/c1-7(6-8(10)11)9-2-4-12-5-3-9/h7H,2-6H2,1H3,(H,10,11)/t7-/m1/s1. The molecule has 70 valence electrons. The van der Waals surface area contributed by atoms with Crippen LogP contribution in [-0.4, -0.2) is 48.3 Å². The van der Waals surface area contributed by atoms with Gasteiger partial charge < -0.3 is 9.84 Å². The number of aliphatic carboxylic acids is 1. The monoisotopic (exact) mass is 173 g/mol. The van der Waals surface area contributed by atoms with Gasteiger partial charge >= 0.3 is 5.97 Å². The third-order valence-corrected chi connectivity index (χ3v) is 2.14. The zero-order chi connectivity index (χ0) is 8.97. The first kappa shape index (κ1) is 9.48. The fraction of sp³-hybridized carbons (Fsp3) is 0.875. The molecule has 0 amide bonds. The first-order chi connectivity index (χ1) is 5.70. The summed E-state index contributed by atoms with van der Waals surface area (Å²) in [5.41, 5.74) is 0. The predicted octanol–water partition coefficient (Wildman–Crippen LogP) is 0.182. The van der Waals surface area contributed by atoms with Gasteiger partial charge in [0.1, 0.15) is 0 Å². The fourth-order valence-corrected chi connectivity index (χ4v) is 1.40. The molecular formula is C8H15NO3. The molecule has 1 atom stereocenters. The number of nitrogens with zero attached hydrogens (tertiary/aromatic N) is 1. The lowest BCUT2D eigenvalue weighted by atomic mass is 10.2.